The first-order chi connectivity index (χ1) is 9.60. The zero-order chi connectivity index (χ0) is 14.3. The second-order valence-electron chi connectivity index (χ2n) is 5.69. The van der Waals surface area contributed by atoms with E-state index in [9.17, 15) is 5.11 Å². The van der Waals surface area contributed by atoms with Gasteiger partial charge in [0, 0.05) is 12.1 Å². The Morgan fingerprint density at radius 3 is 2.60 bits per heavy atom. The van der Waals surface area contributed by atoms with Crippen LogP contribution in [-0.4, -0.2) is 14.7 Å². The van der Waals surface area contributed by atoms with Gasteiger partial charge in [-0.2, -0.15) is 0 Å². The molecule has 1 aliphatic heterocycles. The highest BCUT2D eigenvalue weighted by Gasteiger charge is 2.22. The van der Waals surface area contributed by atoms with E-state index in [0.717, 1.165) is 29.3 Å². The van der Waals surface area contributed by atoms with Crippen LogP contribution in [0.5, 0.6) is 0 Å². The molecule has 20 heavy (non-hydrogen) atoms. The molecule has 1 aliphatic rings. The Kier molecular flexibility index (Phi) is 3.22. The predicted octanol–water partition coefficient (Wildman–Crippen LogP) is 3.40. The molecule has 2 heterocycles. The molecule has 0 amide bonds. The predicted molar refractivity (Wildman–Crippen MR) is 81.1 cm³/mol. The summed E-state index contributed by atoms with van der Waals surface area (Å²) in [5.74, 6) is 1.45. The van der Waals surface area contributed by atoms with Crippen molar-refractivity contribution in [2.45, 2.75) is 33.9 Å². The van der Waals surface area contributed by atoms with Gasteiger partial charge in [-0.3, -0.25) is 0 Å². The molecule has 1 aromatic heterocycles. The summed E-state index contributed by atoms with van der Waals surface area (Å²) in [5, 5.41) is 9.75. The van der Waals surface area contributed by atoms with Crippen LogP contribution in [-0.2, 0) is 13.2 Å². The smallest absolute Gasteiger partial charge is 0.133 e. The minimum atomic E-state index is 0.0236. The van der Waals surface area contributed by atoms with Crippen molar-refractivity contribution in [3.05, 3.63) is 46.9 Å². The Morgan fingerprint density at radius 1 is 1.25 bits per heavy atom. The highest BCUT2D eigenvalue weighted by molar-refractivity contribution is 5.65. The number of aryl methyl sites for hydroxylation is 1. The van der Waals surface area contributed by atoms with Gasteiger partial charge >= 0.3 is 0 Å². The number of nitrogens with zero attached hydrogens (tertiary/aromatic N) is 2. The zero-order valence-electron chi connectivity index (χ0n) is 12.2. The number of rotatable bonds is 2. The third kappa shape index (κ3) is 2.08. The molecule has 0 saturated carbocycles. The summed E-state index contributed by atoms with van der Waals surface area (Å²) in [6, 6.07) is 8.31. The quantitative estimate of drug-likeness (QED) is 0.906. The fraction of sp³-hybridized carbons (Fsp3) is 0.353. The first-order valence-electron chi connectivity index (χ1n) is 7.05. The highest BCUT2D eigenvalue weighted by atomic mass is 16.3. The fourth-order valence-electron chi connectivity index (χ4n) is 2.69. The van der Waals surface area contributed by atoms with E-state index >= 15 is 0 Å². The molecule has 1 atom stereocenters. The first kappa shape index (κ1) is 13.1. The van der Waals surface area contributed by atoms with Gasteiger partial charge in [-0.15, -0.1) is 0 Å². The molecule has 0 spiro atoms. The maximum Gasteiger partial charge on any atom is 0.133 e. The summed E-state index contributed by atoms with van der Waals surface area (Å²) in [5.41, 5.74) is 5.47. The first-order valence-corrected chi connectivity index (χ1v) is 7.05. The van der Waals surface area contributed by atoms with Gasteiger partial charge in [-0.05, 0) is 25.8 Å². The third-order valence-corrected chi connectivity index (χ3v) is 4.17. The number of benzene rings is 1. The number of aromatic nitrogens is 2. The van der Waals surface area contributed by atoms with E-state index in [1.807, 2.05) is 0 Å². The van der Waals surface area contributed by atoms with E-state index in [0.29, 0.717) is 5.92 Å². The van der Waals surface area contributed by atoms with Crippen LogP contribution in [0.15, 0.2) is 29.8 Å². The van der Waals surface area contributed by atoms with E-state index in [1.54, 1.807) is 0 Å². The zero-order valence-corrected chi connectivity index (χ0v) is 12.2. The molecule has 0 aliphatic carbocycles. The molecule has 0 fully saturated rings. The van der Waals surface area contributed by atoms with Crippen LogP contribution in [0, 0.1) is 12.8 Å². The van der Waals surface area contributed by atoms with Crippen LogP contribution >= 0.6 is 0 Å². The van der Waals surface area contributed by atoms with Crippen molar-refractivity contribution >= 4 is 6.08 Å². The summed E-state index contributed by atoms with van der Waals surface area (Å²) in [6.45, 7) is 7.35. The van der Waals surface area contributed by atoms with Gasteiger partial charge in [-0.25, -0.2) is 4.98 Å². The van der Waals surface area contributed by atoms with Gasteiger partial charge in [0.2, 0.25) is 0 Å². The number of aliphatic hydroxyl groups is 1. The van der Waals surface area contributed by atoms with Crippen molar-refractivity contribution < 1.29 is 5.11 Å². The molecular formula is C17H20N2O. The standard InChI is InChI=1S/C17H20N2O/c1-11-4-6-14(7-5-11)17-15(10-20)19-9-13(3)12(2)8-16(19)18-17/h4-8,13,20H,9-10H2,1-3H3. The maximum absolute atomic E-state index is 9.75. The number of allylic oxidation sites excluding steroid dienone is 1. The van der Waals surface area contributed by atoms with Crippen LogP contribution in [0.2, 0.25) is 0 Å². The summed E-state index contributed by atoms with van der Waals surface area (Å²) in [7, 11) is 0. The van der Waals surface area contributed by atoms with Gasteiger partial charge < -0.3 is 9.67 Å². The van der Waals surface area contributed by atoms with Gasteiger partial charge in [0.05, 0.1) is 18.0 Å². The topological polar surface area (TPSA) is 38.1 Å². The SMILES string of the molecule is CC1=Cc2nc(-c3ccc(C)cc3)c(CO)n2CC1C. The number of imidazole rings is 1. The lowest BCUT2D eigenvalue weighted by atomic mass is 9.99. The van der Waals surface area contributed by atoms with Crippen LogP contribution in [0.4, 0.5) is 0 Å². The van der Waals surface area contributed by atoms with E-state index in [1.165, 1.54) is 11.1 Å². The lowest BCUT2D eigenvalue weighted by molar-refractivity contribution is 0.269. The molecule has 3 rings (SSSR count). The third-order valence-electron chi connectivity index (χ3n) is 4.17. The number of fused-ring (bicyclic) bond motifs is 1. The Balaban J connectivity index is 2.14. The van der Waals surface area contributed by atoms with E-state index in [-0.39, 0.29) is 6.61 Å². The monoisotopic (exact) mass is 268 g/mol. The molecule has 0 saturated heterocycles. The molecule has 1 unspecified atom stereocenters. The van der Waals surface area contributed by atoms with Crippen molar-refractivity contribution in [3.8, 4) is 11.3 Å². The molecule has 3 heteroatoms. The maximum atomic E-state index is 9.75. The molecule has 0 bridgehead atoms. The minimum absolute atomic E-state index is 0.0236. The van der Waals surface area contributed by atoms with Crippen molar-refractivity contribution in [3.63, 3.8) is 0 Å². The summed E-state index contributed by atoms with van der Waals surface area (Å²) in [6.07, 6.45) is 2.13. The van der Waals surface area contributed by atoms with Crippen LogP contribution in [0.3, 0.4) is 0 Å². The molecule has 104 valence electrons. The van der Waals surface area contributed by atoms with Gasteiger partial charge in [-0.1, -0.05) is 42.3 Å². The fourth-order valence-corrected chi connectivity index (χ4v) is 2.69. The van der Waals surface area contributed by atoms with Crippen molar-refractivity contribution in [2.24, 2.45) is 5.92 Å². The molecule has 1 aromatic carbocycles. The van der Waals surface area contributed by atoms with Gasteiger partial charge in [0.25, 0.3) is 0 Å². The minimum Gasteiger partial charge on any atom is -0.390 e. The lowest BCUT2D eigenvalue weighted by Crippen LogP contribution is -2.17. The Labute approximate surface area is 119 Å². The van der Waals surface area contributed by atoms with Crippen molar-refractivity contribution in [1.29, 1.82) is 0 Å². The van der Waals surface area contributed by atoms with Crippen molar-refractivity contribution in [2.75, 3.05) is 0 Å². The van der Waals surface area contributed by atoms with Gasteiger partial charge in [0.1, 0.15) is 5.82 Å². The Morgan fingerprint density at radius 2 is 1.95 bits per heavy atom. The summed E-state index contributed by atoms with van der Waals surface area (Å²) in [4.78, 5) is 4.73. The number of aliphatic hydroxyl groups excluding tert-OH is 1. The van der Waals surface area contributed by atoms with Crippen molar-refractivity contribution in [1.82, 2.24) is 9.55 Å². The Hall–Kier alpha value is -1.87. The second kappa shape index (κ2) is 4.91. The molecule has 3 nitrogen and oxygen atoms in total. The molecule has 1 N–H and O–H groups in total. The summed E-state index contributed by atoms with van der Waals surface area (Å²) >= 11 is 0. The summed E-state index contributed by atoms with van der Waals surface area (Å²) < 4.78 is 2.15. The van der Waals surface area contributed by atoms with E-state index in [4.69, 9.17) is 4.98 Å². The van der Waals surface area contributed by atoms with E-state index < -0.39 is 0 Å². The normalized spacial score (nSPS) is 17.8. The molecule has 2 aromatic rings. The average Bonchev–Trinajstić information content (AvgIpc) is 2.78. The van der Waals surface area contributed by atoms with E-state index in [2.05, 4.69) is 55.7 Å². The Bertz CT molecular complexity index is 665. The number of hydrogen-bond acceptors (Lipinski definition) is 2. The van der Waals surface area contributed by atoms with Gasteiger partial charge in [0.15, 0.2) is 0 Å². The van der Waals surface area contributed by atoms with Crippen LogP contribution in [0.25, 0.3) is 17.3 Å². The largest absolute Gasteiger partial charge is 0.390 e. The van der Waals surface area contributed by atoms with Crippen LogP contribution < -0.4 is 0 Å². The molecule has 0 radical (unpaired) electrons. The van der Waals surface area contributed by atoms with Crippen LogP contribution in [0.1, 0.15) is 30.9 Å². The second-order valence-corrected chi connectivity index (χ2v) is 5.69. The molecular weight excluding hydrogens is 248 g/mol. The number of hydrogen-bond donors (Lipinski definition) is 1. The highest BCUT2D eigenvalue weighted by Crippen LogP contribution is 2.30. The lowest BCUT2D eigenvalue weighted by Gasteiger charge is -2.21. The average molecular weight is 268 g/mol.